The van der Waals surface area contributed by atoms with Gasteiger partial charge in [0.1, 0.15) is 0 Å². The number of halogens is 1. The van der Waals surface area contributed by atoms with E-state index in [1.165, 1.54) is 0 Å². The van der Waals surface area contributed by atoms with Crippen LogP contribution in [0.1, 0.15) is 40.5 Å². The van der Waals surface area contributed by atoms with Crippen LogP contribution in [0.15, 0.2) is 0 Å². The van der Waals surface area contributed by atoms with Crippen molar-refractivity contribution in [2.24, 2.45) is 11.3 Å². The highest BCUT2D eigenvalue weighted by Crippen LogP contribution is 2.12. The van der Waals surface area contributed by atoms with Crippen molar-refractivity contribution in [1.29, 1.82) is 0 Å². The Balaban J connectivity index is 0.00000361. The van der Waals surface area contributed by atoms with E-state index in [0.29, 0.717) is 18.9 Å². The molecule has 0 aromatic carbocycles. The van der Waals surface area contributed by atoms with Crippen LogP contribution in [0.25, 0.3) is 0 Å². The first-order valence-electron chi connectivity index (χ1n) is 7.09. The van der Waals surface area contributed by atoms with Gasteiger partial charge < -0.3 is 16.0 Å². The smallest absolute Gasteiger partial charge is 0.225 e. The molecule has 2 atom stereocenters. The molecule has 1 rings (SSSR count). The minimum atomic E-state index is -0.404. The Morgan fingerprint density at radius 1 is 1.30 bits per heavy atom. The number of amides is 2. The zero-order chi connectivity index (χ0) is 14.5. The third-order valence-corrected chi connectivity index (χ3v) is 3.49. The summed E-state index contributed by atoms with van der Waals surface area (Å²) in [4.78, 5) is 23.4. The molecule has 118 valence electrons. The number of hydrogen-bond acceptors (Lipinski definition) is 3. The average molecular weight is 306 g/mol. The molecule has 0 saturated carbocycles. The van der Waals surface area contributed by atoms with Crippen molar-refractivity contribution in [2.75, 3.05) is 19.6 Å². The zero-order valence-electron chi connectivity index (χ0n) is 12.9. The van der Waals surface area contributed by atoms with Crippen LogP contribution in [-0.4, -0.2) is 37.5 Å². The average Bonchev–Trinajstić information content (AvgIpc) is 2.31. The fourth-order valence-corrected chi connectivity index (χ4v) is 2.02. The number of carbonyl (C=O) groups is 2. The van der Waals surface area contributed by atoms with E-state index in [2.05, 4.69) is 22.9 Å². The second-order valence-electron chi connectivity index (χ2n) is 6.40. The van der Waals surface area contributed by atoms with Crippen LogP contribution in [0.3, 0.4) is 0 Å². The highest BCUT2D eigenvalue weighted by atomic mass is 35.5. The molecule has 0 aromatic rings. The Kier molecular flexibility index (Phi) is 8.13. The lowest BCUT2D eigenvalue weighted by Gasteiger charge is -2.30. The third kappa shape index (κ3) is 6.57. The number of rotatable bonds is 4. The highest BCUT2D eigenvalue weighted by molar-refractivity contribution is 5.85. The van der Waals surface area contributed by atoms with Gasteiger partial charge in [0.25, 0.3) is 0 Å². The molecule has 2 amide bonds. The van der Waals surface area contributed by atoms with Gasteiger partial charge in [-0.1, -0.05) is 27.7 Å². The van der Waals surface area contributed by atoms with Crippen LogP contribution in [-0.2, 0) is 9.59 Å². The van der Waals surface area contributed by atoms with Crippen LogP contribution in [0, 0.1) is 11.3 Å². The molecule has 1 aliphatic heterocycles. The third-order valence-electron chi connectivity index (χ3n) is 3.49. The zero-order valence-corrected chi connectivity index (χ0v) is 13.7. The summed E-state index contributed by atoms with van der Waals surface area (Å²) in [5.74, 6) is 0.497. The minimum absolute atomic E-state index is 0. The van der Waals surface area contributed by atoms with E-state index in [-0.39, 0.29) is 30.3 Å². The van der Waals surface area contributed by atoms with Gasteiger partial charge in [-0.05, 0) is 18.9 Å². The lowest BCUT2D eigenvalue weighted by atomic mass is 9.94. The maximum atomic E-state index is 11.8. The van der Waals surface area contributed by atoms with Crippen LogP contribution in [0.4, 0.5) is 0 Å². The summed E-state index contributed by atoms with van der Waals surface area (Å²) in [6, 6.07) is 0.208. The maximum Gasteiger partial charge on any atom is 0.225 e. The van der Waals surface area contributed by atoms with Crippen molar-refractivity contribution in [3.8, 4) is 0 Å². The van der Waals surface area contributed by atoms with E-state index in [4.69, 9.17) is 0 Å². The van der Waals surface area contributed by atoms with Crippen LogP contribution >= 0.6 is 12.4 Å². The molecule has 0 radical (unpaired) electrons. The van der Waals surface area contributed by atoms with Gasteiger partial charge in [-0.15, -0.1) is 12.4 Å². The molecule has 5 nitrogen and oxygen atoms in total. The topological polar surface area (TPSA) is 70.2 Å². The molecule has 1 fully saturated rings. The van der Waals surface area contributed by atoms with Crippen LogP contribution in [0.5, 0.6) is 0 Å². The SMILES string of the molecule is CC1CCNCC1NC(=O)CCNC(=O)C(C)(C)C.Cl. The molecule has 1 saturated heterocycles. The predicted octanol–water partition coefficient (Wildman–Crippen LogP) is 1.07. The van der Waals surface area contributed by atoms with Gasteiger partial charge in [-0.2, -0.15) is 0 Å². The Labute approximate surface area is 128 Å². The summed E-state index contributed by atoms with van der Waals surface area (Å²) in [5, 5.41) is 9.10. The summed E-state index contributed by atoms with van der Waals surface area (Å²) in [6.45, 7) is 9.99. The molecule has 1 heterocycles. The molecule has 2 unspecified atom stereocenters. The minimum Gasteiger partial charge on any atom is -0.355 e. The fraction of sp³-hybridized carbons (Fsp3) is 0.857. The Bertz CT molecular complexity index is 329. The van der Waals surface area contributed by atoms with Gasteiger partial charge in [0.15, 0.2) is 0 Å². The van der Waals surface area contributed by atoms with Crippen molar-refractivity contribution >= 4 is 24.2 Å². The molecular weight excluding hydrogens is 278 g/mol. The van der Waals surface area contributed by atoms with E-state index in [0.717, 1.165) is 19.5 Å². The summed E-state index contributed by atoms with van der Waals surface area (Å²) < 4.78 is 0. The lowest BCUT2D eigenvalue weighted by Crippen LogP contribution is -2.50. The van der Waals surface area contributed by atoms with E-state index in [9.17, 15) is 9.59 Å². The van der Waals surface area contributed by atoms with Crippen molar-refractivity contribution in [3.05, 3.63) is 0 Å². The number of piperidine rings is 1. The molecule has 0 bridgehead atoms. The van der Waals surface area contributed by atoms with Gasteiger partial charge in [-0.25, -0.2) is 0 Å². The molecule has 1 aliphatic rings. The number of hydrogen-bond donors (Lipinski definition) is 3. The largest absolute Gasteiger partial charge is 0.355 e. The van der Waals surface area contributed by atoms with Gasteiger partial charge in [0.2, 0.25) is 11.8 Å². The van der Waals surface area contributed by atoms with E-state index in [1.54, 1.807) is 0 Å². The van der Waals surface area contributed by atoms with Gasteiger partial charge >= 0.3 is 0 Å². The quantitative estimate of drug-likeness (QED) is 0.728. The first kappa shape index (κ1) is 19.2. The Morgan fingerprint density at radius 2 is 1.95 bits per heavy atom. The summed E-state index contributed by atoms with van der Waals surface area (Å²) in [7, 11) is 0. The Morgan fingerprint density at radius 3 is 2.50 bits per heavy atom. The predicted molar refractivity (Wildman–Crippen MR) is 82.9 cm³/mol. The second kappa shape index (κ2) is 8.47. The lowest BCUT2D eigenvalue weighted by molar-refractivity contribution is -0.128. The summed E-state index contributed by atoms with van der Waals surface area (Å²) in [6.07, 6.45) is 1.43. The number of nitrogens with one attached hydrogen (secondary N) is 3. The van der Waals surface area contributed by atoms with E-state index in [1.807, 2.05) is 20.8 Å². The monoisotopic (exact) mass is 305 g/mol. The molecule has 20 heavy (non-hydrogen) atoms. The summed E-state index contributed by atoms with van der Waals surface area (Å²) in [5.41, 5.74) is -0.404. The second-order valence-corrected chi connectivity index (χ2v) is 6.40. The molecular formula is C14H28ClN3O2. The normalized spacial score (nSPS) is 22.6. The van der Waals surface area contributed by atoms with Crippen molar-refractivity contribution < 1.29 is 9.59 Å². The van der Waals surface area contributed by atoms with Gasteiger partial charge in [0, 0.05) is 31.0 Å². The molecule has 0 aromatic heterocycles. The first-order valence-corrected chi connectivity index (χ1v) is 7.09. The molecule has 0 aliphatic carbocycles. The fourth-order valence-electron chi connectivity index (χ4n) is 2.02. The van der Waals surface area contributed by atoms with Crippen LogP contribution < -0.4 is 16.0 Å². The van der Waals surface area contributed by atoms with Crippen molar-refractivity contribution in [2.45, 2.75) is 46.6 Å². The first-order chi connectivity index (χ1) is 8.80. The van der Waals surface area contributed by atoms with Gasteiger partial charge in [-0.3, -0.25) is 9.59 Å². The Hall–Kier alpha value is -0.810. The highest BCUT2D eigenvalue weighted by Gasteiger charge is 2.23. The van der Waals surface area contributed by atoms with Crippen molar-refractivity contribution in [1.82, 2.24) is 16.0 Å². The standard InChI is InChI=1S/C14H27N3O2.ClH/c1-10-5-7-15-9-11(10)17-12(18)6-8-16-13(19)14(2,3)4;/h10-11,15H,5-9H2,1-4H3,(H,16,19)(H,17,18);1H. The van der Waals surface area contributed by atoms with Crippen molar-refractivity contribution in [3.63, 3.8) is 0 Å². The molecule has 0 spiro atoms. The van der Waals surface area contributed by atoms with E-state index >= 15 is 0 Å². The molecule has 3 N–H and O–H groups in total. The van der Waals surface area contributed by atoms with E-state index < -0.39 is 5.41 Å². The number of carbonyl (C=O) groups excluding carboxylic acids is 2. The van der Waals surface area contributed by atoms with Gasteiger partial charge in [0.05, 0.1) is 0 Å². The maximum absolute atomic E-state index is 11.8. The van der Waals surface area contributed by atoms with Crippen LogP contribution in [0.2, 0.25) is 0 Å². The summed E-state index contributed by atoms with van der Waals surface area (Å²) >= 11 is 0. The molecule has 6 heteroatoms.